The molecule has 0 aliphatic carbocycles. The van der Waals surface area contributed by atoms with Crippen LogP contribution in [0.5, 0.6) is 0 Å². The van der Waals surface area contributed by atoms with Crippen LogP contribution in [0.3, 0.4) is 0 Å². The second-order valence-electron chi connectivity index (χ2n) is 3.23. The summed E-state index contributed by atoms with van der Waals surface area (Å²) in [7, 11) is 0. The Bertz CT molecular complexity index is 194. The predicted octanol–water partition coefficient (Wildman–Crippen LogP) is 0.0202. The molecule has 2 atom stereocenters. The van der Waals surface area contributed by atoms with Crippen molar-refractivity contribution in [2.24, 2.45) is 0 Å². The highest BCUT2D eigenvalue weighted by Crippen LogP contribution is 2.28. The van der Waals surface area contributed by atoms with Crippen molar-refractivity contribution in [3.63, 3.8) is 0 Å². The fourth-order valence-corrected chi connectivity index (χ4v) is 1.92. The SMILES string of the molecule is O=C1OCC[N+]2([O-])CCC[C@@H]12. The molecule has 0 amide bonds. The summed E-state index contributed by atoms with van der Waals surface area (Å²) in [6, 6.07) is -0.399. The van der Waals surface area contributed by atoms with Gasteiger partial charge in [0.1, 0.15) is 13.2 Å². The molecule has 2 heterocycles. The van der Waals surface area contributed by atoms with E-state index < -0.39 is 6.04 Å². The van der Waals surface area contributed by atoms with Gasteiger partial charge in [0.15, 0.2) is 6.04 Å². The summed E-state index contributed by atoms with van der Waals surface area (Å²) >= 11 is 0. The minimum Gasteiger partial charge on any atom is -0.632 e. The van der Waals surface area contributed by atoms with Gasteiger partial charge in [-0.2, -0.15) is 0 Å². The van der Waals surface area contributed by atoms with Crippen molar-refractivity contribution in [3.05, 3.63) is 5.21 Å². The van der Waals surface area contributed by atoms with E-state index in [-0.39, 0.29) is 10.6 Å². The Morgan fingerprint density at radius 2 is 2.36 bits per heavy atom. The average Bonchev–Trinajstić information content (AvgIpc) is 2.31. The molecule has 0 saturated carbocycles. The van der Waals surface area contributed by atoms with Crippen LogP contribution in [0.2, 0.25) is 0 Å². The molecule has 0 aromatic heterocycles. The number of esters is 1. The minimum atomic E-state index is -0.399. The van der Waals surface area contributed by atoms with Gasteiger partial charge in [-0.05, 0) is 0 Å². The summed E-state index contributed by atoms with van der Waals surface area (Å²) in [6.07, 6.45) is 1.58. The Labute approximate surface area is 64.9 Å². The summed E-state index contributed by atoms with van der Waals surface area (Å²) in [4.78, 5) is 11.0. The van der Waals surface area contributed by atoms with E-state index in [1.807, 2.05) is 0 Å². The van der Waals surface area contributed by atoms with Gasteiger partial charge in [0.05, 0.1) is 6.54 Å². The van der Waals surface area contributed by atoms with Gasteiger partial charge in [-0.3, -0.25) is 0 Å². The quantitative estimate of drug-likeness (QED) is 0.283. The molecule has 2 saturated heterocycles. The number of quaternary nitrogens is 1. The standard InChI is InChI=1S/C7H11NO3/c9-7-6-2-1-3-8(6,10)4-5-11-7/h6H,1-5H2/t6-,8?/m0/s1. The van der Waals surface area contributed by atoms with Crippen LogP contribution in [0, 0.1) is 5.21 Å². The molecule has 2 aliphatic heterocycles. The number of carbonyl (C=O) groups is 1. The predicted molar refractivity (Wildman–Crippen MR) is 37.3 cm³/mol. The van der Waals surface area contributed by atoms with Crippen LogP contribution in [0.25, 0.3) is 0 Å². The maximum atomic E-state index is 11.7. The van der Waals surface area contributed by atoms with Gasteiger partial charge in [0.25, 0.3) is 0 Å². The molecule has 2 aliphatic rings. The van der Waals surface area contributed by atoms with Gasteiger partial charge in [-0.1, -0.05) is 0 Å². The van der Waals surface area contributed by atoms with Crippen molar-refractivity contribution in [1.29, 1.82) is 0 Å². The van der Waals surface area contributed by atoms with Crippen LogP contribution in [0.1, 0.15) is 12.8 Å². The highest BCUT2D eigenvalue weighted by atomic mass is 16.6. The Balaban J connectivity index is 2.22. The lowest BCUT2D eigenvalue weighted by Crippen LogP contribution is -2.56. The average molecular weight is 157 g/mol. The van der Waals surface area contributed by atoms with E-state index in [4.69, 9.17) is 4.74 Å². The van der Waals surface area contributed by atoms with Crippen molar-refractivity contribution in [1.82, 2.24) is 0 Å². The molecule has 0 spiro atoms. The zero-order valence-corrected chi connectivity index (χ0v) is 6.28. The molecule has 0 aromatic rings. The lowest BCUT2D eigenvalue weighted by molar-refractivity contribution is -0.889. The Morgan fingerprint density at radius 1 is 1.55 bits per heavy atom. The van der Waals surface area contributed by atoms with E-state index in [1.54, 1.807) is 0 Å². The van der Waals surface area contributed by atoms with Gasteiger partial charge in [-0.15, -0.1) is 0 Å². The first-order valence-electron chi connectivity index (χ1n) is 3.97. The maximum absolute atomic E-state index is 11.7. The number of carbonyl (C=O) groups excluding carboxylic acids is 1. The molecule has 0 aromatic carbocycles. The second kappa shape index (κ2) is 2.19. The summed E-state index contributed by atoms with van der Waals surface area (Å²) < 4.78 is 4.48. The zero-order chi connectivity index (χ0) is 7.90. The molecule has 62 valence electrons. The fourth-order valence-electron chi connectivity index (χ4n) is 1.92. The Morgan fingerprint density at radius 3 is 3.09 bits per heavy atom. The number of cyclic esters (lactones) is 1. The second-order valence-corrected chi connectivity index (χ2v) is 3.23. The van der Waals surface area contributed by atoms with Crippen molar-refractivity contribution in [2.45, 2.75) is 18.9 Å². The van der Waals surface area contributed by atoms with Crippen LogP contribution >= 0.6 is 0 Å². The zero-order valence-electron chi connectivity index (χ0n) is 6.28. The normalized spacial score (nSPS) is 43.4. The van der Waals surface area contributed by atoms with E-state index in [9.17, 15) is 10.0 Å². The Kier molecular flexibility index (Phi) is 1.40. The molecular weight excluding hydrogens is 146 g/mol. The number of hydrogen-bond acceptors (Lipinski definition) is 3. The number of fused-ring (bicyclic) bond motifs is 1. The van der Waals surface area contributed by atoms with Crippen molar-refractivity contribution >= 4 is 5.97 Å². The molecule has 11 heavy (non-hydrogen) atoms. The molecule has 2 fully saturated rings. The molecular formula is C7H11NO3. The number of nitrogens with zero attached hydrogens (tertiary/aromatic N) is 1. The molecule has 1 unspecified atom stereocenters. The topological polar surface area (TPSA) is 49.4 Å². The summed E-state index contributed by atoms with van der Waals surface area (Å²) in [5, 5.41) is 11.7. The maximum Gasteiger partial charge on any atom is 0.365 e. The molecule has 4 nitrogen and oxygen atoms in total. The smallest absolute Gasteiger partial charge is 0.365 e. The lowest BCUT2D eigenvalue weighted by atomic mass is 10.2. The van der Waals surface area contributed by atoms with Crippen LogP contribution in [0.15, 0.2) is 0 Å². The van der Waals surface area contributed by atoms with Crippen LogP contribution < -0.4 is 0 Å². The van der Waals surface area contributed by atoms with Crippen LogP contribution in [-0.2, 0) is 9.53 Å². The first-order valence-corrected chi connectivity index (χ1v) is 3.97. The highest BCUT2D eigenvalue weighted by molar-refractivity contribution is 5.75. The third-order valence-corrected chi connectivity index (χ3v) is 2.57. The summed E-state index contributed by atoms with van der Waals surface area (Å²) in [5.74, 6) is -0.288. The highest BCUT2D eigenvalue weighted by Gasteiger charge is 2.44. The molecule has 0 N–H and O–H groups in total. The van der Waals surface area contributed by atoms with Gasteiger partial charge >= 0.3 is 5.97 Å². The fraction of sp³-hybridized carbons (Fsp3) is 0.857. The van der Waals surface area contributed by atoms with Gasteiger partial charge in [0.2, 0.25) is 0 Å². The van der Waals surface area contributed by atoms with Crippen molar-refractivity contribution < 1.29 is 14.2 Å². The molecule has 0 radical (unpaired) electrons. The van der Waals surface area contributed by atoms with E-state index in [2.05, 4.69) is 0 Å². The van der Waals surface area contributed by atoms with Crippen LogP contribution in [0.4, 0.5) is 0 Å². The number of hydrogen-bond donors (Lipinski definition) is 0. The van der Waals surface area contributed by atoms with Crippen molar-refractivity contribution in [2.75, 3.05) is 19.7 Å². The summed E-state index contributed by atoms with van der Waals surface area (Å²) in [6.45, 7) is 1.36. The van der Waals surface area contributed by atoms with E-state index >= 15 is 0 Å². The number of rotatable bonds is 0. The van der Waals surface area contributed by atoms with Gasteiger partial charge < -0.3 is 14.6 Å². The van der Waals surface area contributed by atoms with Gasteiger partial charge in [-0.25, -0.2) is 4.79 Å². The number of hydroxylamine groups is 3. The minimum absolute atomic E-state index is 0.288. The first-order chi connectivity index (χ1) is 5.22. The van der Waals surface area contributed by atoms with E-state index in [0.717, 1.165) is 6.42 Å². The number of ether oxygens (including phenoxy) is 1. The third-order valence-electron chi connectivity index (χ3n) is 2.57. The molecule has 4 heteroatoms. The third kappa shape index (κ3) is 0.937. The molecule has 0 bridgehead atoms. The first kappa shape index (κ1) is 7.06. The van der Waals surface area contributed by atoms with Gasteiger partial charge in [0, 0.05) is 12.8 Å². The van der Waals surface area contributed by atoms with Crippen molar-refractivity contribution in [3.8, 4) is 0 Å². The van der Waals surface area contributed by atoms with E-state index in [1.165, 1.54) is 0 Å². The Hall–Kier alpha value is -0.610. The number of morpholine rings is 1. The largest absolute Gasteiger partial charge is 0.632 e. The summed E-state index contributed by atoms with van der Waals surface area (Å²) in [5.41, 5.74) is 0. The molecule has 2 rings (SSSR count). The monoisotopic (exact) mass is 157 g/mol. The van der Waals surface area contributed by atoms with E-state index in [0.29, 0.717) is 26.1 Å². The van der Waals surface area contributed by atoms with Crippen LogP contribution in [-0.4, -0.2) is 36.4 Å². The lowest BCUT2D eigenvalue weighted by Gasteiger charge is -2.45.